The number of hydrogen-bond acceptors (Lipinski definition) is 6. The Bertz CT molecular complexity index is 1050. The molecule has 1 aliphatic rings. The van der Waals surface area contributed by atoms with Gasteiger partial charge in [0.2, 0.25) is 15.9 Å². The third-order valence-corrected chi connectivity index (χ3v) is 7.48. The maximum Gasteiger partial charge on any atom is 0.271 e. The Morgan fingerprint density at radius 1 is 1.10 bits per heavy atom. The SMILES string of the molecule is CCN(CC)S(=O)(=O)c1ccc(C(=O)N/N=C2/SCC(=O)N2c2ccccc2)cc1. The van der Waals surface area contributed by atoms with E-state index in [1.54, 1.807) is 26.0 Å². The lowest BCUT2D eigenvalue weighted by Crippen LogP contribution is -2.31. The first kappa shape index (κ1) is 22.0. The molecule has 1 aliphatic heterocycles. The maximum atomic E-state index is 12.5. The fraction of sp³-hybridized carbons (Fsp3) is 0.250. The lowest BCUT2D eigenvalue weighted by molar-refractivity contribution is -0.115. The number of hydrazone groups is 1. The Kier molecular flexibility index (Phi) is 6.91. The summed E-state index contributed by atoms with van der Waals surface area (Å²) in [6, 6.07) is 14.7. The molecule has 10 heteroatoms. The molecule has 0 spiro atoms. The Morgan fingerprint density at radius 2 is 1.73 bits per heavy atom. The zero-order valence-corrected chi connectivity index (χ0v) is 18.2. The highest BCUT2D eigenvalue weighted by molar-refractivity contribution is 8.15. The number of rotatable bonds is 7. The van der Waals surface area contributed by atoms with Gasteiger partial charge in [0.05, 0.1) is 16.3 Å². The molecule has 0 atom stereocenters. The van der Waals surface area contributed by atoms with Crippen LogP contribution in [-0.4, -0.2) is 48.5 Å². The van der Waals surface area contributed by atoms with Crippen molar-refractivity contribution in [2.75, 3.05) is 23.7 Å². The molecule has 0 bridgehead atoms. The number of anilines is 1. The number of nitrogens with one attached hydrogen (secondary N) is 1. The minimum atomic E-state index is -3.59. The van der Waals surface area contributed by atoms with Crippen LogP contribution >= 0.6 is 11.8 Å². The number of hydrogen-bond donors (Lipinski definition) is 1. The Balaban J connectivity index is 1.74. The molecule has 2 amide bonds. The van der Waals surface area contributed by atoms with E-state index < -0.39 is 15.9 Å². The first-order valence-corrected chi connectivity index (χ1v) is 11.8. The largest absolute Gasteiger partial charge is 0.273 e. The molecule has 0 radical (unpaired) electrons. The predicted octanol–water partition coefficient (Wildman–Crippen LogP) is 2.50. The highest BCUT2D eigenvalue weighted by atomic mass is 32.2. The van der Waals surface area contributed by atoms with Gasteiger partial charge in [0, 0.05) is 18.7 Å². The average Bonchev–Trinajstić information content (AvgIpc) is 3.13. The maximum absolute atomic E-state index is 12.5. The third kappa shape index (κ3) is 4.55. The number of thioether (sulfide) groups is 1. The van der Waals surface area contributed by atoms with Gasteiger partial charge in [0.25, 0.3) is 5.91 Å². The van der Waals surface area contributed by atoms with Crippen LogP contribution in [0.2, 0.25) is 0 Å². The number of sulfonamides is 1. The second-order valence-electron chi connectivity index (χ2n) is 6.30. The van der Waals surface area contributed by atoms with Crippen LogP contribution in [-0.2, 0) is 14.8 Å². The van der Waals surface area contributed by atoms with Crippen molar-refractivity contribution in [1.29, 1.82) is 0 Å². The van der Waals surface area contributed by atoms with E-state index in [0.29, 0.717) is 23.9 Å². The summed E-state index contributed by atoms with van der Waals surface area (Å²) in [6.45, 7) is 4.28. The summed E-state index contributed by atoms with van der Waals surface area (Å²) in [6.07, 6.45) is 0. The number of nitrogens with zero attached hydrogens (tertiary/aromatic N) is 3. The van der Waals surface area contributed by atoms with Gasteiger partial charge in [-0.15, -0.1) is 5.10 Å². The number of carbonyl (C=O) groups excluding carboxylic acids is 2. The van der Waals surface area contributed by atoms with Crippen LogP contribution in [0.15, 0.2) is 64.6 Å². The minimum Gasteiger partial charge on any atom is -0.273 e. The molecule has 0 unspecified atom stereocenters. The Hall–Kier alpha value is -2.69. The van der Waals surface area contributed by atoms with Crippen LogP contribution in [0.4, 0.5) is 5.69 Å². The first-order valence-electron chi connectivity index (χ1n) is 9.37. The number of carbonyl (C=O) groups is 2. The standard InChI is InChI=1S/C20H22N4O4S2/c1-3-23(4-2)30(27,28)17-12-10-15(11-13-17)19(26)21-22-20-24(18(25)14-29-20)16-8-6-5-7-9-16/h5-13H,3-4,14H2,1-2H3,(H,21,26)/b22-20+. The molecule has 1 heterocycles. The summed E-state index contributed by atoms with van der Waals surface area (Å²) in [5, 5.41) is 4.47. The zero-order chi connectivity index (χ0) is 21.7. The van der Waals surface area contributed by atoms with E-state index in [1.807, 2.05) is 18.2 Å². The Morgan fingerprint density at radius 3 is 2.33 bits per heavy atom. The summed E-state index contributed by atoms with van der Waals surface area (Å²) in [5.74, 6) is -0.381. The molecule has 1 fully saturated rings. The van der Waals surface area contributed by atoms with Crippen molar-refractivity contribution in [2.45, 2.75) is 18.7 Å². The van der Waals surface area contributed by atoms with E-state index in [4.69, 9.17) is 0 Å². The van der Waals surface area contributed by atoms with Crippen LogP contribution in [0, 0.1) is 0 Å². The van der Waals surface area contributed by atoms with Crippen LogP contribution in [0.3, 0.4) is 0 Å². The molecule has 158 valence electrons. The zero-order valence-electron chi connectivity index (χ0n) is 16.6. The van der Waals surface area contributed by atoms with E-state index in [2.05, 4.69) is 10.5 Å². The third-order valence-electron chi connectivity index (χ3n) is 4.49. The molecule has 1 N–H and O–H groups in total. The van der Waals surface area contributed by atoms with Gasteiger partial charge in [-0.2, -0.15) is 4.31 Å². The second-order valence-corrected chi connectivity index (χ2v) is 9.18. The molecule has 8 nitrogen and oxygen atoms in total. The van der Waals surface area contributed by atoms with Crippen LogP contribution in [0.25, 0.3) is 0 Å². The molecule has 0 aromatic heterocycles. The molecule has 3 rings (SSSR count). The topological polar surface area (TPSA) is 99.1 Å². The molecule has 0 aliphatic carbocycles. The summed E-state index contributed by atoms with van der Waals surface area (Å²) in [7, 11) is -3.59. The number of benzene rings is 2. The number of amides is 2. The van der Waals surface area contributed by atoms with Gasteiger partial charge in [0.15, 0.2) is 5.17 Å². The molecular weight excluding hydrogens is 424 g/mol. The second kappa shape index (κ2) is 9.41. The van der Waals surface area contributed by atoms with Gasteiger partial charge in [-0.1, -0.05) is 43.8 Å². The van der Waals surface area contributed by atoms with Crippen molar-refractivity contribution in [1.82, 2.24) is 9.73 Å². The monoisotopic (exact) mass is 446 g/mol. The highest BCUT2D eigenvalue weighted by Crippen LogP contribution is 2.26. The van der Waals surface area contributed by atoms with Gasteiger partial charge in [-0.25, -0.2) is 13.8 Å². The molecular formula is C20H22N4O4S2. The lowest BCUT2D eigenvalue weighted by Gasteiger charge is -2.18. The van der Waals surface area contributed by atoms with Crippen molar-refractivity contribution >= 4 is 44.5 Å². The smallest absolute Gasteiger partial charge is 0.271 e. The molecule has 0 saturated carbocycles. The van der Waals surface area contributed by atoms with E-state index >= 15 is 0 Å². The normalized spacial score (nSPS) is 15.8. The van der Waals surface area contributed by atoms with E-state index in [0.717, 1.165) is 0 Å². The number of para-hydroxylation sites is 1. The molecule has 1 saturated heterocycles. The molecule has 30 heavy (non-hydrogen) atoms. The van der Waals surface area contributed by atoms with Gasteiger partial charge in [-0.05, 0) is 36.4 Å². The quantitative estimate of drug-likeness (QED) is 0.659. The highest BCUT2D eigenvalue weighted by Gasteiger charge is 2.30. The first-order chi connectivity index (χ1) is 14.4. The van der Waals surface area contributed by atoms with Crippen molar-refractivity contribution < 1.29 is 18.0 Å². The lowest BCUT2D eigenvalue weighted by atomic mass is 10.2. The summed E-state index contributed by atoms with van der Waals surface area (Å²) in [5.41, 5.74) is 3.37. The van der Waals surface area contributed by atoms with Gasteiger partial charge in [0.1, 0.15) is 0 Å². The average molecular weight is 447 g/mol. The van der Waals surface area contributed by atoms with Crippen molar-refractivity contribution in [3.63, 3.8) is 0 Å². The predicted molar refractivity (Wildman–Crippen MR) is 118 cm³/mol. The summed E-state index contributed by atoms with van der Waals surface area (Å²) >= 11 is 1.23. The van der Waals surface area contributed by atoms with Gasteiger partial charge in [-0.3, -0.25) is 14.5 Å². The van der Waals surface area contributed by atoms with Crippen LogP contribution in [0.5, 0.6) is 0 Å². The van der Waals surface area contributed by atoms with Crippen molar-refractivity contribution in [3.8, 4) is 0 Å². The minimum absolute atomic E-state index is 0.120. The van der Waals surface area contributed by atoms with E-state index in [9.17, 15) is 18.0 Å². The number of amidine groups is 1. The molecule has 2 aromatic rings. The van der Waals surface area contributed by atoms with Gasteiger partial charge >= 0.3 is 0 Å². The van der Waals surface area contributed by atoms with E-state index in [1.165, 1.54) is 45.2 Å². The summed E-state index contributed by atoms with van der Waals surface area (Å²) in [4.78, 5) is 26.2. The van der Waals surface area contributed by atoms with Crippen molar-refractivity contribution in [3.05, 3.63) is 60.2 Å². The Labute approximate surface area is 180 Å². The fourth-order valence-corrected chi connectivity index (χ4v) is 5.22. The molecule has 2 aromatic carbocycles. The van der Waals surface area contributed by atoms with Crippen LogP contribution in [0.1, 0.15) is 24.2 Å². The fourth-order valence-electron chi connectivity index (χ4n) is 2.93. The van der Waals surface area contributed by atoms with Gasteiger partial charge < -0.3 is 0 Å². The summed E-state index contributed by atoms with van der Waals surface area (Å²) < 4.78 is 26.4. The van der Waals surface area contributed by atoms with Crippen LogP contribution < -0.4 is 10.3 Å². The van der Waals surface area contributed by atoms with Crippen molar-refractivity contribution in [2.24, 2.45) is 5.10 Å². The van der Waals surface area contributed by atoms with E-state index in [-0.39, 0.29) is 22.1 Å².